The van der Waals surface area contributed by atoms with Gasteiger partial charge in [-0.05, 0) is 30.7 Å². The third-order valence-electron chi connectivity index (χ3n) is 5.60. The van der Waals surface area contributed by atoms with Gasteiger partial charge in [-0.15, -0.1) is 0 Å². The van der Waals surface area contributed by atoms with Crippen molar-refractivity contribution in [3.8, 4) is 28.5 Å². The first-order valence-corrected chi connectivity index (χ1v) is 11.3. The number of nitrogens with zero attached hydrogens (tertiary/aromatic N) is 6. The first-order valence-electron chi connectivity index (χ1n) is 11.3. The largest absolute Gasteiger partial charge is 0.487 e. The van der Waals surface area contributed by atoms with Crippen LogP contribution in [0.4, 0.5) is 10.2 Å². The molecular weight excluding hydrogens is 465 g/mol. The minimum absolute atomic E-state index is 0.0411. The SMILES string of the molecule is Cn1cncc1COc1cc(F)cc(Oc2ccc(-c3nn(CCCO)c4ncnc(N)c34)cc2)c1. The van der Waals surface area contributed by atoms with Gasteiger partial charge in [0.05, 0.1) is 23.6 Å². The van der Waals surface area contributed by atoms with Crippen molar-refractivity contribution in [1.29, 1.82) is 0 Å². The fraction of sp³-hybridized carbons (Fsp3) is 0.200. The number of hydrogen-bond donors (Lipinski definition) is 2. The van der Waals surface area contributed by atoms with Crippen LogP contribution in [0.15, 0.2) is 61.3 Å². The van der Waals surface area contributed by atoms with Crippen LogP contribution in [0, 0.1) is 5.82 Å². The summed E-state index contributed by atoms with van der Waals surface area (Å²) in [5, 5.41) is 14.5. The summed E-state index contributed by atoms with van der Waals surface area (Å²) < 4.78 is 29.4. The monoisotopic (exact) mass is 489 g/mol. The van der Waals surface area contributed by atoms with Crippen molar-refractivity contribution in [2.75, 3.05) is 12.3 Å². The van der Waals surface area contributed by atoms with Crippen LogP contribution in [-0.2, 0) is 20.2 Å². The van der Waals surface area contributed by atoms with E-state index in [1.165, 1.54) is 18.5 Å². The lowest BCUT2D eigenvalue weighted by Crippen LogP contribution is -2.03. The fourth-order valence-corrected chi connectivity index (χ4v) is 3.79. The standard InChI is InChI=1S/C25H24FN7O3/c1-32-15-28-12-18(32)13-35-20-9-17(26)10-21(11-20)36-19-5-3-16(4-6-19)23-22-24(27)29-14-30-25(22)33(31-23)7-2-8-34/h3-6,9-12,14-15,34H,2,7-8,13H2,1H3,(H2,27,29,30). The molecule has 2 aromatic carbocycles. The van der Waals surface area contributed by atoms with E-state index >= 15 is 0 Å². The van der Waals surface area contributed by atoms with E-state index in [2.05, 4.69) is 20.1 Å². The van der Waals surface area contributed by atoms with Crippen molar-refractivity contribution < 1.29 is 19.0 Å². The molecule has 0 saturated carbocycles. The Morgan fingerprint density at radius 2 is 1.86 bits per heavy atom. The number of aryl methyl sites for hydroxylation is 2. The molecule has 0 atom stereocenters. The van der Waals surface area contributed by atoms with Gasteiger partial charge in [0.25, 0.3) is 0 Å². The zero-order chi connectivity index (χ0) is 25.1. The predicted molar refractivity (Wildman–Crippen MR) is 131 cm³/mol. The second-order valence-corrected chi connectivity index (χ2v) is 8.14. The molecule has 0 bridgehead atoms. The molecule has 3 aromatic heterocycles. The maximum atomic E-state index is 14.2. The van der Waals surface area contributed by atoms with Crippen molar-refractivity contribution in [2.24, 2.45) is 7.05 Å². The summed E-state index contributed by atoms with van der Waals surface area (Å²) >= 11 is 0. The smallest absolute Gasteiger partial charge is 0.163 e. The third-order valence-corrected chi connectivity index (χ3v) is 5.60. The zero-order valence-electron chi connectivity index (χ0n) is 19.5. The summed E-state index contributed by atoms with van der Waals surface area (Å²) in [6.07, 6.45) is 5.29. The average molecular weight is 490 g/mol. The number of aliphatic hydroxyl groups excluding tert-OH is 1. The normalized spacial score (nSPS) is 11.2. The Morgan fingerprint density at radius 1 is 1.06 bits per heavy atom. The number of imidazole rings is 1. The van der Waals surface area contributed by atoms with Crippen LogP contribution in [0.5, 0.6) is 17.2 Å². The molecule has 11 heteroatoms. The molecule has 0 aliphatic rings. The molecule has 3 heterocycles. The molecule has 10 nitrogen and oxygen atoms in total. The van der Waals surface area contributed by atoms with Crippen molar-refractivity contribution in [3.63, 3.8) is 0 Å². The van der Waals surface area contributed by atoms with Crippen molar-refractivity contribution >= 4 is 16.9 Å². The van der Waals surface area contributed by atoms with Crippen LogP contribution in [0.25, 0.3) is 22.3 Å². The van der Waals surface area contributed by atoms with Gasteiger partial charge < -0.3 is 24.9 Å². The van der Waals surface area contributed by atoms with Gasteiger partial charge >= 0.3 is 0 Å². The summed E-state index contributed by atoms with van der Waals surface area (Å²) in [6.45, 7) is 0.786. The molecule has 0 unspecified atom stereocenters. The lowest BCUT2D eigenvalue weighted by atomic mass is 10.1. The van der Waals surface area contributed by atoms with Crippen LogP contribution in [0.1, 0.15) is 12.1 Å². The summed E-state index contributed by atoms with van der Waals surface area (Å²) in [6, 6.07) is 11.4. The molecule has 0 radical (unpaired) electrons. The second-order valence-electron chi connectivity index (χ2n) is 8.14. The molecule has 3 N–H and O–H groups in total. The Balaban J connectivity index is 1.36. The number of fused-ring (bicyclic) bond motifs is 1. The van der Waals surface area contributed by atoms with Gasteiger partial charge in [0.2, 0.25) is 0 Å². The molecule has 184 valence electrons. The van der Waals surface area contributed by atoms with Crippen LogP contribution in [0.2, 0.25) is 0 Å². The van der Waals surface area contributed by atoms with E-state index in [1.54, 1.807) is 35.4 Å². The number of aliphatic hydroxyl groups is 1. The summed E-state index contributed by atoms with van der Waals surface area (Å²) in [7, 11) is 1.86. The summed E-state index contributed by atoms with van der Waals surface area (Å²) in [4.78, 5) is 12.5. The highest BCUT2D eigenvalue weighted by atomic mass is 19.1. The van der Waals surface area contributed by atoms with Crippen molar-refractivity contribution in [3.05, 3.63) is 72.8 Å². The fourth-order valence-electron chi connectivity index (χ4n) is 3.79. The number of benzene rings is 2. The topological polar surface area (TPSA) is 126 Å². The number of aromatic nitrogens is 6. The number of nitrogen functional groups attached to an aromatic ring is 1. The average Bonchev–Trinajstić information content (AvgIpc) is 3.45. The minimum atomic E-state index is -0.473. The van der Waals surface area contributed by atoms with Gasteiger partial charge in [0.15, 0.2) is 5.65 Å². The molecule has 0 aliphatic heterocycles. The molecule has 0 fully saturated rings. The molecule has 0 saturated heterocycles. The maximum Gasteiger partial charge on any atom is 0.163 e. The Bertz CT molecular complexity index is 1500. The Morgan fingerprint density at radius 3 is 2.61 bits per heavy atom. The number of anilines is 1. The van der Waals surface area contributed by atoms with Gasteiger partial charge in [-0.2, -0.15) is 5.10 Å². The molecule has 0 aliphatic carbocycles. The molecule has 36 heavy (non-hydrogen) atoms. The third kappa shape index (κ3) is 4.82. The number of halogens is 1. The minimum Gasteiger partial charge on any atom is -0.487 e. The van der Waals surface area contributed by atoms with E-state index < -0.39 is 5.82 Å². The lowest BCUT2D eigenvalue weighted by Gasteiger charge is -2.10. The lowest BCUT2D eigenvalue weighted by molar-refractivity contribution is 0.278. The Labute approximate surface area is 205 Å². The number of ether oxygens (including phenoxy) is 2. The van der Waals surface area contributed by atoms with Crippen LogP contribution < -0.4 is 15.2 Å². The highest BCUT2D eigenvalue weighted by Crippen LogP contribution is 2.33. The predicted octanol–water partition coefficient (Wildman–Crippen LogP) is 3.70. The van der Waals surface area contributed by atoms with Gasteiger partial charge in [-0.1, -0.05) is 0 Å². The van der Waals surface area contributed by atoms with E-state index in [9.17, 15) is 9.50 Å². The highest BCUT2D eigenvalue weighted by Gasteiger charge is 2.17. The van der Waals surface area contributed by atoms with Gasteiger partial charge in [0.1, 0.15) is 47.5 Å². The highest BCUT2D eigenvalue weighted by molar-refractivity contribution is 5.98. The number of rotatable bonds is 9. The van der Waals surface area contributed by atoms with Crippen LogP contribution in [-0.4, -0.2) is 41.0 Å². The Hall–Kier alpha value is -4.51. The first-order chi connectivity index (χ1) is 17.5. The zero-order valence-corrected chi connectivity index (χ0v) is 19.5. The van der Waals surface area contributed by atoms with Gasteiger partial charge in [-0.3, -0.25) is 0 Å². The quantitative estimate of drug-likeness (QED) is 0.321. The maximum absolute atomic E-state index is 14.2. The van der Waals surface area contributed by atoms with Crippen LogP contribution in [0.3, 0.4) is 0 Å². The van der Waals surface area contributed by atoms with Crippen molar-refractivity contribution in [2.45, 2.75) is 19.6 Å². The van der Waals surface area contributed by atoms with Gasteiger partial charge in [-0.25, -0.2) is 24.0 Å². The number of nitrogens with two attached hydrogens (primary N) is 1. The van der Waals surface area contributed by atoms with E-state index in [0.717, 1.165) is 11.3 Å². The number of hydrogen-bond acceptors (Lipinski definition) is 8. The summed E-state index contributed by atoms with van der Waals surface area (Å²) in [5.74, 6) is 1.01. The first kappa shape index (κ1) is 23.2. The van der Waals surface area contributed by atoms with Gasteiger partial charge in [0, 0.05) is 44.0 Å². The molecular formula is C25H24FN7O3. The van der Waals surface area contributed by atoms with Crippen molar-refractivity contribution in [1.82, 2.24) is 29.3 Å². The molecule has 5 aromatic rings. The summed E-state index contributed by atoms with van der Waals surface area (Å²) in [5.41, 5.74) is 9.00. The van der Waals surface area contributed by atoms with E-state index in [1.807, 2.05) is 23.7 Å². The van der Waals surface area contributed by atoms with E-state index in [0.29, 0.717) is 52.8 Å². The second kappa shape index (κ2) is 10.0. The molecule has 0 spiro atoms. The molecule has 5 rings (SSSR count). The van der Waals surface area contributed by atoms with Crippen LogP contribution >= 0.6 is 0 Å². The molecule has 0 amide bonds. The Kier molecular flexibility index (Phi) is 6.46. The van der Waals surface area contributed by atoms with E-state index in [-0.39, 0.29) is 13.2 Å². The van der Waals surface area contributed by atoms with E-state index in [4.69, 9.17) is 15.2 Å².